The number of aryl methyl sites for hydroxylation is 2. The Morgan fingerprint density at radius 1 is 1.35 bits per heavy atom. The van der Waals surface area contributed by atoms with E-state index in [4.69, 9.17) is 5.73 Å². The van der Waals surface area contributed by atoms with Crippen molar-refractivity contribution < 1.29 is 4.79 Å². The van der Waals surface area contributed by atoms with Gasteiger partial charge in [0, 0.05) is 37.8 Å². The summed E-state index contributed by atoms with van der Waals surface area (Å²) in [5.74, 6) is 0.0553. The molecule has 4 heteroatoms. The van der Waals surface area contributed by atoms with E-state index in [1.165, 1.54) is 5.56 Å². The summed E-state index contributed by atoms with van der Waals surface area (Å²) in [6.45, 7) is 7.75. The molecule has 1 heterocycles. The number of hydrogen-bond donors (Lipinski definition) is 2. The molecule has 1 amide bonds. The fourth-order valence-electron chi connectivity index (χ4n) is 2.81. The molecule has 1 aliphatic rings. The van der Waals surface area contributed by atoms with Crippen LogP contribution in [0, 0.1) is 13.8 Å². The summed E-state index contributed by atoms with van der Waals surface area (Å²) in [5, 5.41) is 3.16. The van der Waals surface area contributed by atoms with Gasteiger partial charge in [-0.25, -0.2) is 0 Å². The molecule has 0 bridgehead atoms. The van der Waals surface area contributed by atoms with Gasteiger partial charge in [-0.3, -0.25) is 4.79 Å². The number of nitrogens with one attached hydrogen (secondary N) is 1. The van der Waals surface area contributed by atoms with Gasteiger partial charge in [0.05, 0.1) is 0 Å². The second-order valence-electron chi connectivity index (χ2n) is 5.70. The molecule has 1 aromatic rings. The normalized spacial score (nSPS) is 17.1. The van der Waals surface area contributed by atoms with Crippen molar-refractivity contribution in [2.75, 3.05) is 26.2 Å². The Morgan fingerprint density at radius 2 is 2.05 bits per heavy atom. The summed E-state index contributed by atoms with van der Waals surface area (Å²) in [4.78, 5) is 14.7. The molecule has 0 spiro atoms. The molecule has 0 radical (unpaired) electrons. The first-order valence-electron chi connectivity index (χ1n) is 7.40. The topological polar surface area (TPSA) is 58.4 Å². The lowest BCUT2D eigenvalue weighted by molar-refractivity contribution is 0.0911. The van der Waals surface area contributed by atoms with E-state index in [0.29, 0.717) is 6.54 Å². The van der Waals surface area contributed by atoms with Crippen molar-refractivity contribution >= 4 is 5.91 Å². The second kappa shape index (κ2) is 6.86. The highest BCUT2D eigenvalue weighted by molar-refractivity contribution is 5.95. The minimum Gasteiger partial charge on any atom is -0.349 e. The van der Waals surface area contributed by atoms with Gasteiger partial charge in [0.1, 0.15) is 0 Å². The number of hydrogen-bond acceptors (Lipinski definition) is 3. The van der Waals surface area contributed by atoms with Crippen LogP contribution in [0.1, 0.15) is 34.3 Å². The Kier molecular flexibility index (Phi) is 5.15. The average molecular weight is 275 g/mol. The third-order valence-corrected chi connectivity index (χ3v) is 3.99. The number of nitrogens with two attached hydrogens (primary N) is 1. The number of carbonyl (C=O) groups excluding carboxylic acids is 1. The van der Waals surface area contributed by atoms with Crippen LogP contribution in [0.5, 0.6) is 0 Å². The number of amides is 1. The van der Waals surface area contributed by atoms with E-state index in [1.54, 1.807) is 0 Å². The lowest BCUT2D eigenvalue weighted by Gasteiger charge is -2.32. The summed E-state index contributed by atoms with van der Waals surface area (Å²) in [6, 6.07) is 6.26. The maximum absolute atomic E-state index is 12.3. The number of piperidine rings is 1. The lowest BCUT2D eigenvalue weighted by Crippen LogP contribution is -2.45. The van der Waals surface area contributed by atoms with E-state index >= 15 is 0 Å². The Labute approximate surface area is 121 Å². The minimum atomic E-state index is 0.0553. The van der Waals surface area contributed by atoms with Crippen molar-refractivity contribution in [3.05, 3.63) is 34.9 Å². The van der Waals surface area contributed by atoms with Gasteiger partial charge in [-0.2, -0.15) is 0 Å². The first-order chi connectivity index (χ1) is 9.60. The zero-order chi connectivity index (χ0) is 14.5. The molecule has 0 unspecified atom stereocenters. The Bertz CT molecular complexity index is 465. The van der Waals surface area contributed by atoms with Crippen LogP contribution in [0.15, 0.2) is 18.2 Å². The van der Waals surface area contributed by atoms with Gasteiger partial charge in [0.2, 0.25) is 0 Å². The summed E-state index contributed by atoms with van der Waals surface area (Å²) >= 11 is 0. The number of carbonyl (C=O) groups is 1. The van der Waals surface area contributed by atoms with E-state index in [9.17, 15) is 4.79 Å². The van der Waals surface area contributed by atoms with Gasteiger partial charge in [-0.1, -0.05) is 17.7 Å². The highest BCUT2D eigenvalue weighted by atomic mass is 16.1. The van der Waals surface area contributed by atoms with Crippen molar-refractivity contribution in [2.45, 2.75) is 32.7 Å². The van der Waals surface area contributed by atoms with E-state index in [1.807, 2.05) is 26.0 Å². The lowest BCUT2D eigenvalue weighted by atomic mass is 10.0. The van der Waals surface area contributed by atoms with Crippen molar-refractivity contribution in [3.63, 3.8) is 0 Å². The molecule has 1 aliphatic heterocycles. The summed E-state index contributed by atoms with van der Waals surface area (Å²) in [7, 11) is 0. The smallest absolute Gasteiger partial charge is 0.251 e. The van der Waals surface area contributed by atoms with Crippen LogP contribution in [-0.2, 0) is 0 Å². The first-order valence-corrected chi connectivity index (χ1v) is 7.40. The standard InChI is InChI=1S/C16H25N3O/c1-12-3-4-15(13(2)11-12)16(20)18-14-5-8-19(9-6-14)10-7-17/h3-4,11,14H,5-10,17H2,1-2H3,(H,18,20). The molecule has 0 saturated carbocycles. The second-order valence-corrected chi connectivity index (χ2v) is 5.70. The third kappa shape index (κ3) is 3.81. The highest BCUT2D eigenvalue weighted by Crippen LogP contribution is 2.13. The van der Waals surface area contributed by atoms with Crippen LogP contribution >= 0.6 is 0 Å². The van der Waals surface area contributed by atoms with Crippen molar-refractivity contribution in [1.82, 2.24) is 10.2 Å². The van der Waals surface area contributed by atoms with Crippen molar-refractivity contribution in [3.8, 4) is 0 Å². The number of nitrogens with zero attached hydrogens (tertiary/aromatic N) is 1. The minimum absolute atomic E-state index is 0.0553. The van der Waals surface area contributed by atoms with Gasteiger partial charge in [0.15, 0.2) is 0 Å². The highest BCUT2D eigenvalue weighted by Gasteiger charge is 2.21. The first kappa shape index (κ1) is 15.0. The number of benzene rings is 1. The molecule has 1 aromatic carbocycles. The van der Waals surface area contributed by atoms with Gasteiger partial charge >= 0.3 is 0 Å². The molecule has 20 heavy (non-hydrogen) atoms. The largest absolute Gasteiger partial charge is 0.349 e. The van der Waals surface area contributed by atoms with Gasteiger partial charge < -0.3 is 16.0 Å². The number of rotatable bonds is 4. The van der Waals surface area contributed by atoms with Crippen molar-refractivity contribution in [1.29, 1.82) is 0 Å². The SMILES string of the molecule is Cc1ccc(C(=O)NC2CCN(CCN)CC2)c(C)c1. The predicted molar refractivity (Wildman–Crippen MR) is 81.9 cm³/mol. The van der Waals surface area contributed by atoms with Crippen molar-refractivity contribution in [2.24, 2.45) is 5.73 Å². The van der Waals surface area contributed by atoms with Gasteiger partial charge in [0.25, 0.3) is 5.91 Å². The monoisotopic (exact) mass is 275 g/mol. The van der Waals surface area contributed by atoms with Crippen LogP contribution < -0.4 is 11.1 Å². The molecule has 0 atom stereocenters. The Morgan fingerprint density at radius 3 is 2.65 bits per heavy atom. The Hall–Kier alpha value is -1.39. The molecule has 0 aromatic heterocycles. The van der Waals surface area contributed by atoms with Crippen LogP contribution in [0.2, 0.25) is 0 Å². The zero-order valence-electron chi connectivity index (χ0n) is 12.5. The molecule has 4 nitrogen and oxygen atoms in total. The molecular formula is C16H25N3O. The summed E-state index contributed by atoms with van der Waals surface area (Å²) in [5.41, 5.74) is 8.59. The van der Waals surface area contributed by atoms with Gasteiger partial charge in [-0.05, 0) is 38.3 Å². The molecular weight excluding hydrogens is 250 g/mol. The van der Waals surface area contributed by atoms with Crippen LogP contribution in [0.4, 0.5) is 0 Å². The number of likely N-dealkylation sites (tertiary alicyclic amines) is 1. The third-order valence-electron chi connectivity index (χ3n) is 3.99. The molecule has 110 valence electrons. The zero-order valence-corrected chi connectivity index (χ0v) is 12.5. The van der Waals surface area contributed by atoms with E-state index < -0.39 is 0 Å². The fraction of sp³-hybridized carbons (Fsp3) is 0.562. The van der Waals surface area contributed by atoms with Crippen LogP contribution in [0.25, 0.3) is 0 Å². The van der Waals surface area contributed by atoms with Gasteiger partial charge in [-0.15, -0.1) is 0 Å². The average Bonchev–Trinajstić information content (AvgIpc) is 2.41. The maximum atomic E-state index is 12.3. The fourth-order valence-corrected chi connectivity index (χ4v) is 2.81. The summed E-state index contributed by atoms with van der Waals surface area (Å²) < 4.78 is 0. The maximum Gasteiger partial charge on any atom is 0.251 e. The molecule has 0 aliphatic carbocycles. The van der Waals surface area contributed by atoms with E-state index in [2.05, 4.69) is 16.3 Å². The van der Waals surface area contributed by atoms with Crippen LogP contribution in [-0.4, -0.2) is 43.0 Å². The molecule has 1 fully saturated rings. The summed E-state index contributed by atoms with van der Waals surface area (Å²) in [6.07, 6.45) is 2.02. The van der Waals surface area contributed by atoms with Crippen LogP contribution in [0.3, 0.4) is 0 Å². The Balaban J connectivity index is 1.89. The quantitative estimate of drug-likeness (QED) is 0.874. The molecule has 3 N–H and O–H groups in total. The van der Waals surface area contributed by atoms with E-state index in [0.717, 1.165) is 43.6 Å². The van der Waals surface area contributed by atoms with E-state index in [-0.39, 0.29) is 11.9 Å². The molecule has 2 rings (SSSR count). The molecule has 1 saturated heterocycles. The predicted octanol–water partition coefficient (Wildman–Crippen LogP) is 1.46.